The van der Waals surface area contributed by atoms with Crippen molar-refractivity contribution >= 4 is 22.8 Å². The van der Waals surface area contributed by atoms with E-state index in [0.717, 1.165) is 10.9 Å². The number of para-hydroxylation sites is 1. The minimum absolute atomic E-state index is 0.00654. The molecule has 7 heteroatoms. The fraction of sp³-hybridized carbons (Fsp3) is 0.312. The van der Waals surface area contributed by atoms with Crippen LogP contribution < -0.4 is 5.32 Å². The lowest BCUT2D eigenvalue weighted by molar-refractivity contribution is -0.143. The lowest BCUT2D eigenvalue weighted by Gasteiger charge is -2.13. The molecule has 1 atom stereocenters. The van der Waals surface area contributed by atoms with Gasteiger partial charge in [0.1, 0.15) is 0 Å². The maximum absolute atomic E-state index is 12.1. The lowest BCUT2D eigenvalue weighted by Crippen LogP contribution is -2.44. The van der Waals surface area contributed by atoms with Crippen molar-refractivity contribution in [1.82, 2.24) is 15.1 Å². The predicted octanol–water partition coefficient (Wildman–Crippen LogP) is 0.888. The van der Waals surface area contributed by atoms with E-state index < -0.39 is 17.9 Å². The first-order chi connectivity index (χ1) is 11.0. The molecule has 23 heavy (non-hydrogen) atoms. The van der Waals surface area contributed by atoms with E-state index in [2.05, 4.69) is 17.0 Å². The molecule has 0 aliphatic heterocycles. The average Bonchev–Trinajstić information content (AvgIpc) is 2.83. The van der Waals surface area contributed by atoms with Crippen LogP contribution in [-0.4, -0.2) is 46.0 Å². The van der Waals surface area contributed by atoms with Gasteiger partial charge in [-0.3, -0.25) is 9.48 Å². The number of nitrogens with one attached hydrogen (secondary N) is 1. The van der Waals surface area contributed by atoms with E-state index in [9.17, 15) is 9.59 Å². The number of aromatic nitrogens is 2. The van der Waals surface area contributed by atoms with Crippen molar-refractivity contribution in [2.24, 2.45) is 7.05 Å². The molecule has 0 saturated carbocycles. The van der Waals surface area contributed by atoms with E-state index in [4.69, 9.17) is 9.84 Å². The minimum Gasteiger partial charge on any atom is -0.480 e. The number of carboxylic acid groups (broad SMARTS) is 1. The van der Waals surface area contributed by atoms with Gasteiger partial charge in [-0.05, 0) is 6.07 Å². The van der Waals surface area contributed by atoms with Crippen molar-refractivity contribution in [3.8, 4) is 0 Å². The Morgan fingerprint density at radius 1 is 1.48 bits per heavy atom. The van der Waals surface area contributed by atoms with E-state index in [1.165, 1.54) is 6.08 Å². The van der Waals surface area contributed by atoms with Crippen LogP contribution in [0.4, 0.5) is 0 Å². The Morgan fingerprint density at radius 2 is 2.22 bits per heavy atom. The number of hydrogen-bond acceptors (Lipinski definition) is 4. The van der Waals surface area contributed by atoms with Crippen molar-refractivity contribution in [3.05, 3.63) is 42.6 Å². The van der Waals surface area contributed by atoms with Gasteiger partial charge in [-0.15, -0.1) is 6.58 Å². The molecule has 0 radical (unpaired) electrons. The number of carbonyl (C=O) groups is 2. The van der Waals surface area contributed by atoms with Gasteiger partial charge in [-0.2, -0.15) is 5.10 Å². The maximum Gasteiger partial charge on any atom is 0.328 e. The Morgan fingerprint density at radius 3 is 2.91 bits per heavy atom. The molecular formula is C16H19N3O4. The highest BCUT2D eigenvalue weighted by Gasteiger charge is 2.21. The van der Waals surface area contributed by atoms with E-state index in [0.29, 0.717) is 5.69 Å². The number of amides is 1. The maximum atomic E-state index is 12.1. The molecule has 2 rings (SSSR count). The van der Waals surface area contributed by atoms with Gasteiger partial charge in [0.25, 0.3) is 0 Å². The molecule has 0 aliphatic rings. The summed E-state index contributed by atoms with van der Waals surface area (Å²) in [7, 11) is 1.80. The summed E-state index contributed by atoms with van der Waals surface area (Å²) in [4.78, 5) is 23.3. The summed E-state index contributed by atoms with van der Waals surface area (Å²) in [6.07, 6.45) is 1.52. The van der Waals surface area contributed by atoms with Gasteiger partial charge >= 0.3 is 5.97 Å². The number of rotatable bonds is 8. The molecule has 1 aromatic carbocycles. The highest BCUT2D eigenvalue weighted by molar-refractivity contribution is 5.89. The van der Waals surface area contributed by atoms with Gasteiger partial charge in [0.15, 0.2) is 6.04 Å². The Bertz CT molecular complexity index is 723. The molecule has 2 N–H and O–H groups in total. The van der Waals surface area contributed by atoms with E-state index in [-0.39, 0.29) is 19.6 Å². The SMILES string of the molecule is C=CCOCC(NC(=O)Cc1nn(C)c2ccccc12)C(=O)O. The number of nitrogens with zero attached hydrogens (tertiary/aromatic N) is 2. The number of hydrogen-bond donors (Lipinski definition) is 2. The number of benzene rings is 1. The van der Waals surface area contributed by atoms with Crippen LogP contribution >= 0.6 is 0 Å². The summed E-state index contributed by atoms with van der Waals surface area (Å²) >= 11 is 0. The van der Waals surface area contributed by atoms with E-state index >= 15 is 0 Å². The zero-order valence-corrected chi connectivity index (χ0v) is 12.9. The molecule has 1 unspecified atom stereocenters. The zero-order chi connectivity index (χ0) is 16.8. The lowest BCUT2D eigenvalue weighted by atomic mass is 10.1. The van der Waals surface area contributed by atoms with Gasteiger partial charge in [0.2, 0.25) is 5.91 Å². The molecule has 1 amide bonds. The van der Waals surface area contributed by atoms with Crippen molar-refractivity contribution in [3.63, 3.8) is 0 Å². The second-order valence-corrected chi connectivity index (χ2v) is 5.05. The first-order valence-electron chi connectivity index (χ1n) is 7.14. The highest BCUT2D eigenvalue weighted by Crippen LogP contribution is 2.17. The summed E-state index contributed by atoms with van der Waals surface area (Å²) in [6, 6.07) is 6.46. The normalized spacial score (nSPS) is 12.0. The summed E-state index contributed by atoms with van der Waals surface area (Å²) in [5, 5.41) is 16.8. The molecule has 0 aliphatic carbocycles. The van der Waals surface area contributed by atoms with Crippen LogP contribution in [0.3, 0.4) is 0 Å². The number of carbonyl (C=O) groups excluding carboxylic acids is 1. The fourth-order valence-corrected chi connectivity index (χ4v) is 2.26. The van der Waals surface area contributed by atoms with Gasteiger partial charge in [-0.25, -0.2) is 4.79 Å². The number of carboxylic acids is 1. The zero-order valence-electron chi connectivity index (χ0n) is 12.9. The standard InChI is InChI=1S/C16H19N3O4/c1-3-8-23-10-13(16(21)22)17-15(20)9-12-11-6-4-5-7-14(11)19(2)18-12/h3-7,13H,1,8-10H2,2H3,(H,17,20)(H,21,22). The number of aliphatic carboxylic acids is 1. The quantitative estimate of drug-likeness (QED) is 0.557. The molecule has 0 bridgehead atoms. The van der Waals surface area contributed by atoms with Gasteiger partial charge in [0, 0.05) is 12.4 Å². The van der Waals surface area contributed by atoms with Gasteiger partial charge in [-0.1, -0.05) is 24.3 Å². The monoisotopic (exact) mass is 317 g/mol. The molecule has 122 valence electrons. The van der Waals surface area contributed by atoms with Crippen LogP contribution in [0, 0.1) is 0 Å². The van der Waals surface area contributed by atoms with Crippen LogP contribution in [-0.2, 0) is 27.8 Å². The largest absolute Gasteiger partial charge is 0.480 e. The summed E-state index contributed by atoms with van der Waals surface area (Å²) in [5.41, 5.74) is 1.52. The van der Waals surface area contributed by atoms with E-state index in [1.807, 2.05) is 24.3 Å². The summed E-state index contributed by atoms with van der Waals surface area (Å²) < 4.78 is 6.79. The topological polar surface area (TPSA) is 93.5 Å². The van der Waals surface area contributed by atoms with Crippen LogP contribution in [0.1, 0.15) is 5.69 Å². The molecule has 7 nitrogen and oxygen atoms in total. The third-order valence-corrected chi connectivity index (χ3v) is 3.32. The summed E-state index contributed by atoms with van der Waals surface area (Å²) in [5.74, 6) is -1.56. The molecule has 1 heterocycles. The van der Waals surface area contributed by atoms with Crippen LogP contribution in [0.15, 0.2) is 36.9 Å². The van der Waals surface area contributed by atoms with Gasteiger partial charge in [0.05, 0.1) is 30.8 Å². The Labute approximate surface area is 133 Å². The molecule has 0 fully saturated rings. The van der Waals surface area contributed by atoms with Crippen LogP contribution in [0.2, 0.25) is 0 Å². The second kappa shape index (κ2) is 7.55. The Balaban J connectivity index is 2.05. The molecular weight excluding hydrogens is 298 g/mol. The minimum atomic E-state index is -1.15. The predicted molar refractivity (Wildman–Crippen MR) is 85.0 cm³/mol. The third kappa shape index (κ3) is 4.17. The van der Waals surface area contributed by atoms with Crippen LogP contribution in [0.5, 0.6) is 0 Å². The first kappa shape index (κ1) is 16.7. The summed E-state index contributed by atoms with van der Waals surface area (Å²) in [6.45, 7) is 3.59. The van der Waals surface area contributed by atoms with Crippen molar-refractivity contribution in [2.75, 3.05) is 13.2 Å². The molecule has 1 aromatic heterocycles. The average molecular weight is 317 g/mol. The first-order valence-corrected chi connectivity index (χ1v) is 7.14. The Kier molecular flexibility index (Phi) is 5.48. The fourth-order valence-electron chi connectivity index (χ4n) is 2.26. The number of aryl methyl sites for hydroxylation is 1. The van der Waals surface area contributed by atoms with E-state index in [1.54, 1.807) is 11.7 Å². The third-order valence-electron chi connectivity index (χ3n) is 3.32. The molecule has 2 aromatic rings. The van der Waals surface area contributed by atoms with Crippen molar-refractivity contribution < 1.29 is 19.4 Å². The molecule has 0 spiro atoms. The number of ether oxygens (including phenoxy) is 1. The van der Waals surface area contributed by atoms with Crippen LogP contribution in [0.25, 0.3) is 10.9 Å². The Hall–Kier alpha value is -2.67. The number of fused-ring (bicyclic) bond motifs is 1. The van der Waals surface area contributed by atoms with Gasteiger partial charge < -0.3 is 15.2 Å². The smallest absolute Gasteiger partial charge is 0.328 e. The van der Waals surface area contributed by atoms with Crippen molar-refractivity contribution in [1.29, 1.82) is 0 Å². The molecule has 0 saturated heterocycles. The highest BCUT2D eigenvalue weighted by atomic mass is 16.5. The van der Waals surface area contributed by atoms with Crippen molar-refractivity contribution in [2.45, 2.75) is 12.5 Å². The second-order valence-electron chi connectivity index (χ2n) is 5.05.